The van der Waals surface area contributed by atoms with Crippen LogP contribution in [0.25, 0.3) is 0 Å². The van der Waals surface area contributed by atoms with Crippen LogP contribution >= 0.6 is 0 Å². The molecule has 6 nitrogen and oxygen atoms in total. The molecule has 0 spiro atoms. The summed E-state index contributed by atoms with van der Waals surface area (Å²) in [6, 6.07) is 0. The summed E-state index contributed by atoms with van der Waals surface area (Å²) in [6.07, 6.45) is 88.4. The number of allylic oxidation sites excluding steroid dienone is 16. The third kappa shape index (κ3) is 63.2. The number of hydrogen-bond acceptors (Lipinski definition) is 6. The average Bonchev–Trinajstić information content (AvgIpc) is 3.44. The molecule has 0 radical (unpaired) electrons. The molecule has 0 bridgehead atoms. The van der Waals surface area contributed by atoms with Crippen molar-refractivity contribution in [3.8, 4) is 0 Å². The summed E-state index contributed by atoms with van der Waals surface area (Å²) in [7, 11) is 0. The Morgan fingerprint density at radius 2 is 0.500 bits per heavy atom. The number of carbonyl (C=O) groups excluding carboxylic acids is 3. The molecule has 0 aliphatic heterocycles. The molecular formula is C72H124O6. The minimum atomic E-state index is -0.798. The Hall–Kier alpha value is -3.67. The first-order valence-corrected chi connectivity index (χ1v) is 33.2. The molecule has 0 aliphatic carbocycles. The van der Waals surface area contributed by atoms with Crippen molar-refractivity contribution in [3.05, 3.63) is 97.2 Å². The average molecular weight is 1090 g/mol. The van der Waals surface area contributed by atoms with E-state index in [9.17, 15) is 14.4 Å². The number of hydrogen-bond donors (Lipinski definition) is 0. The van der Waals surface area contributed by atoms with E-state index in [0.29, 0.717) is 19.3 Å². The van der Waals surface area contributed by atoms with Gasteiger partial charge in [-0.15, -0.1) is 0 Å². The maximum absolute atomic E-state index is 12.9. The lowest BCUT2D eigenvalue weighted by molar-refractivity contribution is -0.167. The molecule has 1 unspecified atom stereocenters. The number of rotatable bonds is 60. The van der Waals surface area contributed by atoms with Gasteiger partial charge in [-0.2, -0.15) is 0 Å². The van der Waals surface area contributed by atoms with Gasteiger partial charge in [0.1, 0.15) is 13.2 Å². The minimum Gasteiger partial charge on any atom is -0.462 e. The van der Waals surface area contributed by atoms with Crippen LogP contribution in [0.2, 0.25) is 0 Å². The van der Waals surface area contributed by atoms with Gasteiger partial charge in [0, 0.05) is 19.3 Å². The Labute approximate surface area is 483 Å². The van der Waals surface area contributed by atoms with E-state index >= 15 is 0 Å². The number of unbranched alkanes of at least 4 members (excludes halogenated alkanes) is 33. The SMILES string of the molecule is CC/C=C\C/C=C\C/C=C\C/C=C\C/C=C\C/C=C\CCCCC(=O)OCC(COC(=O)CCCCCCCCCCC/C=C\C/C=C\CCCCC)OC(=O)CCCCCCCCCCCCCCCCCCCCCC. The quantitative estimate of drug-likeness (QED) is 0.0261. The van der Waals surface area contributed by atoms with E-state index < -0.39 is 6.10 Å². The molecule has 0 heterocycles. The molecule has 448 valence electrons. The van der Waals surface area contributed by atoms with E-state index in [4.69, 9.17) is 14.2 Å². The fourth-order valence-corrected chi connectivity index (χ4v) is 9.36. The molecule has 0 aromatic carbocycles. The normalized spacial score (nSPS) is 12.7. The number of ether oxygens (including phenoxy) is 3. The van der Waals surface area contributed by atoms with E-state index in [-0.39, 0.29) is 31.1 Å². The zero-order valence-electron chi connectivity index (χ0n) is 51.4. The van der Waals surface area contributed by atoms with Crippen LogP contribution in [0, 0.1) is 0 Å². The molecule has 0 fully saturated rings. The third-order valence-corrected chi connectivity index (χ3v) is 14.3. The monoisotopic (exact) mass is 1080 g/mol. The van der Waals surface area contributed by atoms with Crippen LogP contribution in [0.4, 0.5) is 0 Å². The van der Waals surface area contributed by atoms with Crippen molar-refractivity contribution in [1.82, 2.24) is 0 Å². The highest BCUT2D eigenvalue weighted by Gasteiger charge is 2.19. The Bertz CT molecular complexity index is 1530. The Kier molecular flexibility index (Phi) is 62.7. The molecule has 0 aromatic heterocycles. The van der Waals surface area contributed by atoms with E-state index in [1.165, 1.54) is 180 Å². The molecule has 0 aromatic rings. The fraction of sp³-hybridized carbons (Fsp3) is 0.736. The first-order chi connectivity index (χ1) is 38.5. The summed E-state index contributed by atoms with van der Waals surface area (Å²) in [5.74, 6) is -0.926. The summed E-state index contributed by atoms with van der Waals surface area (Å²) in [5, 5.41) is 0. The largest absolute Gasteiger partial charge is 0.462 e. The molecule has 0 N–H and O–H groups in total. The third-order valence-electron chi connectivity index (χ3n) is 14.3. The predicted molar refractivity (Wildman–Crippen MR) is 339 cm³/mol. The lowest BCUT2D eigenvalue weighted by Gasteiger charge is -2.18. The van der Waals surface area contributed by atoms with Crippen molar-refractivity contribution in [3.63, 3.8) is 0 Å². The highest BCUT2D eigenvalue weighted by Crippen LogP contribution is 2.17. The minimum absolute atomic E-state index is 0.0915. The maximum atomic E-state index is 12.9. The number of esters is 3. The summed E-state index contributed by atoms with van der Waals surface area (Å²) in [6.45, 7) is 6.50. The fourth-order valence-electron chi connectivity index (χ4n) is 9.36. The lowest BCUT2D eigenvalue weighted by atomic mass is 10.0. The van der Waals surface area contributed by atoms with E-state index in [0.717, 1.165) is 103 Å². The van der Waals surface area contributed by atoms with Crippen LogP contribution in [0.1, 0.15) is 323 Å². The molecular weight excluding hydrogens is 961 g/mol. The Morgan fingerprint density at radius 1 is 0.269 bits per heavy atom. The van der Waals surface area contributed by atoms with Crippen molar-refractivity contribution in [1.29, 1.82) is 0 Å². The maximum Gasteiger partial charge on any atom is 0.306 e. The molecule has 0 saturated heterocycles. The summed E-state index contributed by atoms with van der Waals surface area (Å²) >= 11 is 0. The van der Waals surface area contributed by atoms with Gasteiger partial charge in [0.05, 0.1) is 0 Å². The van der Waals surface area contributed by atoms with Gasteiger partial charge in [0.25, 0.3) is 0 Å². The van der Waals surface area contributed by atoms with Crippen LogP contribution in [-0.2, 0) is 28.6 Å². The first kappa shape index (κ1) is 74.3. The van der Waals surface area contributed by atoms with E-state index in [1.807, 2.05) is 0 Å². The predicted octanol–water partition coefficient (Wildman–Crippen LogP) is 22.8. The van der Waals surface area contributed by atoms with Crippen LogP contribution < -0.4 is 0 Å². The van der Waals surface area contributed by atoms with Crippen LogP contribution in [0.5, 0.6) is 0 Å². The van der Waals surface area contributed by atoms with Crippen molar-refractivity contribution in [2.45, 2.75) is 329 Å². The highest BCUT2D eigenvalue weighted by molar-refractivity contribution is 5.71. The second kappa shape index (κ2) is 65.8. The first-order valence-electron chi connectivity index (χ1n) is 33.2. The van der Waals surface area contributed by atoms with Gasteiger partial charge in [-0.25, -0.2) is 0 Å². The van der Waals surface area contributed by atoms with Gasteiger partial charge in [-0.1, -0.05) is 298 Å². The molecule has 0 saturated carbocycles. The summed E-state index contributed by atoms with van der Waals surface area (Å²) in [5.41, 5.74) is 0. The van der Waals surface area contributed by atoms with Gasteiger partial charge in [-0.05, 0) is 103 Å². The second-order valence-corrected chi connectivity index (χ2v) is 22.0. The van der Waals surface area contributed by atoms with Crippen molar-refractivity contribution < 1.29 is 28.6 Å². The van der Waals surface area contributed by atoms with Crippen LogP contribution in [0.15, 0.2) is 97.2 Å². The zero-order chi connectivity index (χ0) is 56.4. The molecule has 0 rings (SSSR count). The van der Waals surface area contributed by atoms with Gasteiger partial charge in [0.2, 0.25) is 0 Å². The van der Waals surface area contributed by atoms with Crippen molar-refractivity contribution in [2.75, 3.05) is 13.2 Å². The van der Waals surface area contributed by atoms with Gasteiger partial charge in [0.15, 0.2) is 6.10 Å². The van der Waals surface area contributed by atoms with Crippen LogP contribution in [-0.4, -0.2) is 37.2 Å². The molecule has 0 amide bonds. The van der Waals surface area contributed by atoms with Gasteiger partial charge >= 0.3 is 17.9 Å². The molecule has 1 atom stereocenters. The van der Waals surface area contributed by atoms with Crippen molar-refractivity contribution in [2.24, 2.45) is 0 Å². The van der Waals surface area contributed by atoms with E-state index in [1.54, 1.807) is 0 Å². The summed E-state index contributed by atoms with van der Waals surface area (Å²) in [4.78, 5) is 38.4. The molecule has 6 heteroatoms. The topological polar surface area (TPSA) is 78.9 Å². The number of carbonyl (C=O) groups is 3. The smallest absolute Gasteiger partial charge is 0.306 e. The van der Waals surface area contributed by atoms with Crippen LogP contribution in [0.3, 0.4) is 0 Å². The highest BCUT2D eigenvalue weighted by atomic mass is 16.6. The van der Waals surface area contributed by atoms with Gasteiger partial charge in [-0.3, -0.25) is 14.4 Å². The molecule has 0 aliphatic rings. The summed E-state index contributed by atoms with van der Waals surface area (Å²) < 4.78 is 16.9. The van der Waals surface area contributed by atoms with Crippen molar-refractivity contribution >= 4 is 17.9 Å². The Balaban J connectivity index is 4.45. The zero-order valence-corrected chi connectivity index (χ0v) is 51.4. The molecule has 78 heavy (non-hydrogen) atoms. The lowest BCUT2D eigenvalue weighted by Crippen LogP contribution is -2.30. The second-order valence-electron chi connectivity index (χ2n) is 22.0. The van der Waals surface area contributed by atoms with E-state index in [2.05, 4.69) is 118 Å². The standard InChI is InChI=1S/C72H124O6/c1-4-7-10-13-16-19-22-25-28-31-34-36-39-41-44-47-50-53-56-59-62-65-71(74)77-68-69(67-76-70(73)64-61-58-55-52-49-46-43-40-37-33-30-27-24-21-18-15-12-9-6-3)78-72(75)66-63-60-57-54-51-48-45-42-38-35-32-29-26-23-20-17-14-11-8-5-2/h7,10,16,18-19,21,25,27-28,30,34,36,41,44,50,53,69H,4-6,8-9,11-15,17,20,22-24,26,29,31-33,35,37-40,42-43,45-49,51-52,54-68H2,1-3H3/b10-7-,19-16-,21-18-,28-25-,30-27-,36-34-,44-41-,53-50-. The van der Waals surface area contributed by atoms with Gasteiger partial charge < -0.3 is 14.2 Å². The Morgan fingerprint density at radius 3 is 0.833 bits per heavy atom.